The van der Waals surface area contributed by atoms with E-state index in [4.69, 9.17) is 9.97 Å². The van der Waals surface area contributed by atoms with Crippen LogP contribution in [0.25, 0.3) is 44.7 Å². The highest BCUT2D eigenvalue weighted by atomic mass is 15.0. The van der Waals surface area contributed by atoms with E-state index in [0.717, 1.165) is 56.2 Å². The lowest BCUT2D eigenvalue weighted by Gasteiger charge is -2.17. The summed E-state index contributed by atoms with van der Waals surface area (Å²) in [5, 5.41) is 0. The topological polar surface area (TPSA) is 83.1 Å². The van der Waals surface area contributed by atoms with Crippen LogP contribution in [0.1, 0.15) is 53.1 Å². The number of nitrogens with zero attached hydrogens (tertiary/aromatic N) is 4. The molecule has 2 N–H and O–H groups in total. The van der Waals surface area contributed by atoms with E-state index in [9.17, 15) is 0 Å². The third-order valence-corrected chi connectivity index (χ3v) is 5.69. The van der Waals surface area contributed by atoms with Crippen molar-refractivity contribution >= 4 is 22.1 Å². The van der Waals surface area contributed by atoms with Crippen LogP contribution in [-0.2, 0) is 10.8 Å². The van der Waals surface area contributed by atoms with Gasteiger partial charge in [-0.05, 0) is 41.5 Å². The molecular weight excluding hydrogens is 396 g/mol. The Kier molecular flexibility index (Phi) is 4.45. The minimum absolute atomic E-state index is 0.0156. The van der Waals surface area contributed by atoms with Crippen molar-refractivity contribution in [3.63, 3.8) is 0 Å². The second kappa shape index (κ2) is 6.99. The van der Waals surface area contributed by atoms with Crippen LogP contribution in [0.15, 0.2) is 48.8 Å². The Balaban J connectivity index is 1.53. The van der Waals surface area contributed by atoms with Crippen LogP contribution in [0.5, 0.6) is 0 Å². The first-order valence-corrected chi connectivity index (χ1v) is 10.9. The van der Waals surface area contributed by atoms with Gasteiger partial charge in [0.05, 0.1) is 22.1 Å². The number of hydrogen-bond acceptors (Lipinski definition) is 4. The van der Waals surface area contributed by atoms with Gasteiger partial charge < -0.3 is 9.97 Å². The molecule has 0 saturated carbocycles. The van der Waals surface area contributed by atoms with Crippen molar-refractivity contribution in [2.45, 2.75) is 52.4 Å². The van der Waals surface area contributed by atoms with Crippen molar-refractivity contribution in [1.82, 2.24) is 29.9 Å². The van der Waals surface area contributed by atoms with E-state index in [1.807, 2.05) is 12.1 Å². The summed E-state index contributed by atoms with van der Waals surface area (Å²) in [6.45, 7) is 12.9. The standard InChI is InChI=1S/C26H28N6/c1-25(2,3)22-13-21(27-14-28-22)23-29-17-9-7-15(11-19(17)30-23)16-8-10-18-20(12-16)32-24(31-18)26(4,5)6/h7-14H,1-6H3,(H,29,30)(H,31,32). The van der Waals surface area contributed by atoms with Gasteiger partial charge >= 0.3 is 0 Å². The maximum atomic E-state index is 4.76. The van der Waals surface area contributed by atoms with E-state index in [2.05, 4.69) is 91.8 Å². The molecule has 0 spiro atoms. The zero-order valence-corrected chi connectivity index (χ0v) is 19.4. The molecule has 0 aliphatic rings. The normalized spacial score (nSPS) is 12.7. The van der Waals surface area contributed by atoms with Gasteiger partial charge in [0, 0.05) is 16.5 Å². The predicted octanol–water partition coefficient (Wildman–Crippen LogP) is 6.16. The summed E-state index contributed by atoms with van der Waals surface area (Å²) in [7, 11) is 0. The fourth-order valence-electron chi connectivity index (χ4n) is 3.75. The molecule has 5 rings (SSSR count). The smallest absolute Gasteiger partial charge is 0.157 e. The molecule has 0 fully saturated rings. The summed E-state index contributed by atoms with van der Waals surface area (Å²) < 4.78 is 0. The number of benzene rings is 2. The number of hydrogen-bond donors (Lipinski definition) is 2. The predicted molar refractivity (Wildman–Crippen MR) is 130 cm³/mol. The number of nitrogens with one attached hydrogen (secondary N) is 2. The van der Waals surface area contributed by atoms with Crippen LogP contribution >= 0.6 is 0 Å². The number of aromatic amines is 2. The van der Waals surface area contributed by atoms with Crippen LogP contribution < -0.4 is 0 Å². The zero-order valence-electron chi connectivity index (χ0n) is 19.4. The summed E-state index contributed by atoms with van der Waals surface area (Å²) in [6, 6.07) is 14.7. The molecule has 0 aliphatic carbocycles. The van der Waals surface area contributed by atoms with E-state index in [0.29, 0.717) is 0 Å². The van der Waals surface area contributed by atoms with Crippen LogP contribution in [0.3, 0.4) is 0 Å². The fraction of sp³-hybridized carbons (Fsp3) is 0.308. The lowest BCUT2D eigenvalue weighted by molar-refractivity contribution is 0.554. The van der Waals surface area contributed by atoms with Crippen LogP contribution in [0.4, 0.5) is 0 Å². The van der Waals surface area contributed by atoms with E-state index < -0.39 is 0 Å². The molecule has 0 atom stereocenters. The van der Waals surface area contributed by atoms with Gasteiger partial charge in [-0.25, -0.2) is 19.9 Å². The quantitative estimate of drug-likeness (QED) is 0.355. The Morgan fingerprint density at radius 3 is 1.91 bits per heavy atom. The number of aromatic nitrogens is 6. The minimum Gasteiger partial charge on any atom is -0.342 e. The molecule has 3 aromatic heterocycles. The van der Waals surface area contributed by atoms with Gasteiger partial charge in [-0.3, -0.25) is 0 Å². The highest BCUT2D eigenvalue weighted by Gasteiger charge is 2.19. The van der Waals surface area contributed by atoms with E-state index >= 15 is 0 Å². The monoisotopic (exact) mass is 424 g/mol. The Hall–Kier alpha value is -3.54. The molecule has 6 heteroatoms. The average Bonchev–Trinajstić information content (AvgIpc) is 3.36. The highest BCUT2D eigenvalue weighted by Crippen LogP contribution is 2.30. The van der Waals surface area contributed by atoms with E-state index in [-0.39, 0.29) is 10.8 Å². The Labute approximate surface area is 187 Å². The van der Waals surface area contributed by atoms with Crippen molar-refractivity contribution in [2.75, 3.05) is 0 Å². The van der Waals surface area contributed by atoms with Crippen molar-refractivity contribution < 1.29 is 0 Å². The van der Waals surface area contributed by atoms with Gasteiger partial charge in [0.2, 0.25) is 0 Å². The Bertz CT molecular complexity index is 1440. The summed E-state index contributed by atoms with van der Waals surface area (Å²) in [4.78, 5) is 25.3. The molecule has 0 amide bonds. The number of H-pyrrole nitrogens is 2. The SMILES string of the molecule is CC(C)(C)c1cc(-c2nc3ccc(-c4ccc5nc(C(C)(C)C)[nH]c5c4)cc3[nH]2)ncn1. The zero-order chi connectivity index (χ0) is 22.7. The lowest BCUT2D eigenvalue weighted by atomic mass is 9.91. The third kappa shape index (κ3) is 3.66. The van der Waals surface area contributed by atoms with Gasteiger partial charge in [0.1, 0.15) is 17.8 Å². The molecule has 5 aromatic rings. The number of rotatable bonds is 2. The van der Waals surface area contributed by atoms with Gasteiger partial charge in [-0.2, -0.15) is 0 Å². The Morgan fingerprint density at radius 1 is 0.656 bits per heavy atom. The first-order chi connectivity index (χ1) is 15.1. The van der Waals surface area contributed by atoms with E-state index in [1.54, 1.807) is 6.33 Å². The largest absolute Gasteiger partial charge is 0.342 e. The number of fused-ring (bicyclic) bond motifs is 2. The number of imidazole rings is 2. The van der Waals surface area contributed by atoms with Crippen molar-refractivity contribution in [2.24, 2.45) is 0 Å². The van der Waals surface area contributed by atoms with Gasteiger partial charge in [-0.15, -0.1) is 0 Å². The Morgan fingerprint density at radius 2 is 1.28 bits per heavy atom. The lowest BCUT2D eigenvalue weighted by Crippen LogP contribution is -2.13. The van der Waals surface area contributed by atoms with Gasteiger partial charge in [0.25, 0.3) is 0 Å². The van der Waals surface area contributed by atoms with Crippen molar-refractivity contribution in [3.05, 3.63) is 60.3 Å². The average molecular weight is 425 g/mol. The van der Waals surface area contributed by atoms with Crippen LogP contribution in [0, 0.1) is 0 Å². The summed E-state index contributed by atoms with van der Waals surface area (Å²) >= 11 is 0. The molecule has 162 valence electrons. The molecule has 3 heterocycles. The molecule has 32 heavy (non-hydrogen) atoms. The van der Waals surface area contributed by atoms with Crippen molar-refractivity contribution in [1.29, 1.82) is 0 Å². The molecule has 6 nitrogen and oxygen atoms in total. The molecule has 2 aromatic carbocycles. The summed E-state index contributed by atoms with van der Waals surface area (Å²) in [5.41, 5.74) is 7.92. The molecule has 0 bridgehead atoms. The van der Waals surface area contributed by atoms with E-state index in [1.165, 1.54) is 0 Å². The maximum absolute atomic E-state index is 4.76. The molecule has 0 aliphatic heterocycles. The van der Waals surface area contributed by atoms with Crippen molar-refractivity contribution in [3.8, 4) is 22.6 Å². The molecule has 0 radical (unpaired) electrons. The second-order valence-electron chi connectivity index (χ2n) is 10.4. The third-order valence-electron chi connectivity index (χ3n) is 5.69. The fourth-order valence-corrected chi connectivity index (χ4v) is 3.75. The van der Waals surface area contributed by atoms with Gasteiger partial charge in [-0.1, -0.05) is 53.7 Å². The summed E-state index contributed by atoms with van der Waals surface area (Å²) in [5.74, 6) is 1.75. The molecule has 0 saturated heterocycles. The maximum Gasteiger partial charge on any atom is 0.157 e. The van der Waals surface area contributed by atoms with Gasteiger partial charge in [0.15, 0.2) is 5.82 Å². The second-order valence-corrected chi connectivity index (χ2v) is 10.4. The summed E-state index contributed by atoms with van der Waals surface area (Å²) in [6.07, 6.45) is 1.61. The minimum atomic E-state index is -0.0466. The molecule has 0 unspecified atom stereocenters. The molecular formula is C26H28N6. The van der Waals surface area contributed by atoms with Crippen LogP contribution in [0.2, 0.25) is 0 Å². The first kappa shape index (κ1) is 20.4. The first-order valence-electron chi connectivity index (χ1n) is 10.9. The highest BCUT2D eigenvalue weighted by molar-refractivity contribution is 5.87. The van der Waals surface area contributed by atoms with Crippen LogP contribution in [-0.4, -0.2) is 29.9 Å².